The smallest absolute Gasteiger partial charge is 0.449 e. The molecule has 0 heterocycles. The van der Waals surface area contributed by atoms with Crippen LogP contribution < -0.4 is 56.7 Å². The quantitative estimate of drug-likeness (QED) is 0.825. The summed E-state index contributed by atoms with van der Waals surface area (Å²) in [6, 6.07) is 5.96. The van der Waals surface area contributed by atoms with Crippen molar-refractivity contribution in [1.29, 1.82) is 0 Å². The molecule has 0 saturated carbocycles. The van der Waals surface area contributed by atoms with E-state index >= 15 is 0 Å². The van der Waals surface area contributed by atoms with Crippen LogP contribution in [-0.2, 0) is 17.6 Å². The maximum absolute atomic E-state index is 12.2. The number of hydrogen-bond donors (Lipinski definition) is 1. The Bertz CT molecular complexity index is 458. The van der Waals surface area contributed by atoms with Crippen LogP contribution in [0.25, 0.3) is 0 Å². The van der Waals surface area contributed by atoms with Gasteiger partial charge in [-0.3, -0.25) is 0 Å². The summed E-state index contributed by atoms with van der Waals surface area (Å²) in [4.78, 5) is 11.4. The Morgan fingerprint density at radius 2 is 1.62 bits per heavy atom. The van der Waals surface area contributed by atoms with Crippen molar-refractivity contribution < 1.29 is 73.9 Å². The second kappa shape index (κ2) is 8.57. The zero-order chi connectivity index (χ0) is 15.4. The van der Waals surface area contributed by atoms with Gasteiger partial charge in [0.25, 0.3) is 0 Å². The van der Waals surface area contributed by atoms with E-state index < -0.39 is 25.0 Å². The summed E-state index contributed by atoms with van der Waals surface area (Å²) in [6.07, 6.45) is -1.44. The van der Waals surface area contributed by atoms with Crippen LogP contribution in [0.5, 0.6) is 0 Å². The van der Waals surface area contributed by atoms with Gasteiger partial charge in [-0.05, 0) is 26.3 Å². The van der Waals surface area contributed by atoms with Gasteiger partial charge in [-0.25, -0.2) is 4.79 Å². The first kappa shape index (κ1) is 21.0. The largest absolute Gasteiger partial charge is 1.00 e. The van der Waals surface area contributed by atoms with Crippen LogP contribution >= 0.6 is 0 Å². The number of ether oxygens (including phenoxy) is 1. The number of carbonyl (C=O) groups excluding carboxylic acids is 1. The number of rotatable bonds is 4. The molecule has 0 aromatic heterocycles. The molecule has 0 unspecified atom stereocenters. The molecule has 21 heavy (non-hydrogen) atoms. The van der Waals surface area contributed by atoms with Crippen molar-refractivity contribution in [2.75, 3.05) is 0 Å². The molecular weight excluding hydrogens is 309 g/mol. The third-order valence-electron chi connectivity index (χ3n) is 2.33. The normalized spacial score (nSPS) is 11.5. The van der Waals surface area contributed by atoms with Crippen molar-refractivity contribution in [3.63, 3.8) is 0 Å². The molecule has 1 N–H and O–H groups in total. The number of benzene rings is 1. The molecule has 0 saturated heterocycles. The van der Waals surface area contributed by atoms with E-state index in [-0.39, 0.29) is 63.5 Å². The maximum Gasteiger partial charge on any atom is 1.00 e. The van der Waals surface area contributed by atoms with Crippen LogP contribution in [0.15, 0.2) is 24.3 Å². The Morgan fingerprint density at radius 3 is 2.05 bits per heavy atom. The third kappa shape index (κ3) is 10.4. The summed E-state index contributed by atoms with van der Waals surface area (Å²) >= 11 is 0. The predicted octanol–water partition coefficient (Wildman–Crippen LogP) is 0.644. The van der Waals surface area contributed by atoms with Crippen LogP contribution in [0.1, 0.15) is 31.9 Å². The molecule has 0 aliphatic rings. The van der Waals surface area contributed by atoms with Gasteiger partial charge in [0.1, 0.15) is 5.60 Å². The molecule has 1 aromatic carbocycles. The van der Waals surface area contributed by atoms with E-state index in [1.54, 1.807) is 32.9 Å². The monoisotopic (exact) mass is 327 g/mol. The number of amides is 1. The van der Waals surface area contributed by atoms with Gasteiger partial charge in [-0.15, -0.1) is 0 Å². The van der Waals surface area contributed by atoms with Gasteiger partial charge in [-0.2, -0.15) is 0 Å². The van der Waals surface area contributed by atoms with Crippen LogP contribution in [0.2, 0.25) is 0 Å². The SMILES string of the molecule is CC(C)(C)OC(=O)NCc1ccc(C[B-](F)(F)F)cc1.[K+]. The standard InChI is InChI=1S/C13H18BF3NO2.K/c1-13(2,3)20-12(19)18-9-11-6-4-10(5-7-11)8-14(15,16)17;/h4-7H,8-9H2,1-3H3,(H,18,19);/q-1;+1. The molecule has 1 rings (SSSR count). The van der Waals surface area contributed by atoms with E-state index in [4.69, 9.17) is 4.74 Å². The van der Waals surface area contributed by atoms with E-state index in [1.807, 2.05) is 0 Å². The van der Waals surface area contributed by atoms with E-state index in [2.05, 4.69) is 5.32 Å². The Morgan fingerprint density at radius 1 is 1.14 bits per heavy atom. The Hall–Kier alpha value is -0.0187. The number of nitrogens with one attached hydrogen (secondary N) is 1. The summed E-state index contributed by atoms with van der Waals surface area (Å²) in [5.74, 6) is 0. The predicted molar refractivity (Wildman–Crippen MR) is 72.3 cm³/mol. The average Bonchev–Trinajstić information content (AvgIpc) is 2.23. The molecular formula is C13H18BF3KNO2. The summed E-state index contributed by atoms with van der Waals surface area (Å²) in [5.41, 5.74) is 0.357. The first-order valence-electron chi connectivity index (χ1n) is 6.31. The Labute approximate surface area is 165 Å². The minimum atomic E-state index is -4.82. The molecule has 0 atom stereocenters. The second-order valence-electron chi connectivity index (χ2n) is 5.59. The van der Waals surface area contributed by atoms with Crippen molar-refractivity contribution in [2.45, 2.75) is 39.2 Å². The van der Waals surface area contributed by atoms with Crippen LogP contribution in [-0.4, -0.2) is 18.7 Å². The zero-order valence-electron chi connectivity index (χ0n) is 12.8. The van der Waals surface area contributed by atoms with Crippen molar-refractivity contribution >= 4 is 13.1 Å². The molecule has 0 aliphatic carbocycles. The number of hydrogen-bond acceptors (Lipinski definition) is 2. The molecule has 1 aromatic rings. The summed E-state index contributed by atoms with van der Waals surface area (Å²) < 4.78 is 41.8. The summed E-state index contributed by atoms with van der Waals surface area (Å²) in [6.45, 7) is 0.643. The van der Waals surface area contributed by atoms with Crippen LogP contribution in [0.3, 0.4) is 0 Å². The maximum atomic E-state index is 12.2. The van der Waals surface area contributed by atoms with Crippen molar-refractivity contribution in [2.24, 2.45) is 0 Å². The van der Waals surface area contributed by atoms with Crippen molar-refractivity contribution in [3.05, 3.63) is 35.4 Å². The van der Waals surface area contributed by atoms with Gasteiger partial charge in [0.15, 0.2) is 0 Å². The molecule has 0 bridgehead atoms. The number of halogens is 3. The van der Waals surface area contributed by atoms with Gasteiger partial charge >= 0.3 is 64.5 Å². The molecule has 112 valence electrons. The molecule has 0 aliphatic heterocycles. The van der Waals surface area contributed by atoms with E-state index in [1.165, 1.54) is 12.1 Å². The van der Waals surface area contributed by atoms with Gasteiger partial charge in [0.05, 0.1) is 0 Å². The van der Waals surface area contributed by atoms with Gasteiger partial charge in [-0.1, -0.05) is 36.1 Å². The van der Waals surface area contributed by atoms with Gasteiger partial charge < -0.3 is 23.0 Å². The molecule has 0 radical (unpaired) electrons. The molecule has 3 nitrogen and oxygen atoms in total. The third-order valence-corrected chi connectivity index (χ3v) is 2.33. The minimum absolute atomic E-state index is 0. The van der Waals surface area contributed by atoms with Crippen LogP contribution in [0, 0.1) is 0 Å². The fourth-order valence-corrected chi connectivity index (χ4v) is 1.55. The fourth-order valence-electron chi connectivity index (χ4n) is 1.55. The van der Waals surface area contributed by atoms with Crippen molar-refractivity contribution in [3.8, 4) is 0 Å². The van der Waals surface area contributed by atoms with Gasteiger partial charge in [0, 0.05) is 6.54 Å². The summed E-state index contributed by atoms with van der Waals surface area (Å²) in [7, 11) is 0. The molecule has 1 amide bonds. The van der Waals surface area contributed by atoms with Crippen molar-refractivity contribution in [1.82, 2.24) is 5.32 Å². The Balaban J connectivity index is 0.00000400. The number of carbonyl (C=O) groups is 1. The zero-order valence-corrected chi connectivity index (χ0v) is 15.9. The van der Waals surface area contributed by atoms with Gasteiger partial charge in [0.2, 0.25) is 0 Å². The molecule has 0 fully saturated rings. The second-order valence-corrected chi connectivity index (χ2v) is 5.59. The minimum Gasteiger partial charge on any atom is -0.449 e. The Kier molecular flexibility index (Phi) is 8.56. The molecule has 0 spiro atoms. The first-order valence-corrected chi connectivity index (χ1v) is 6.31. The van der Waals surface area contributed by atoms with Crippen LogP contribution in [0.4, 0.5) is 17.7 Å². The average molecular weight is 327 g/mol. The summed E-state index contributed by atoms with van der Waals surface area (Å²) in [5, 5.41) is 2.54. The molecule has 8 heteroatoms. The van der Waals surface area contributed by atoms with E-state index in [0.29, 0.717) is 5.56 Å². The topological polar surface area (TPSA) is 38.3 Å². The van der Waals surface area contributed by atoms with E-state index in [0.717, 1.165) is 0 Å². The van der Waals surface area contributed by atoms with E-state index in [9.17, 15) is 17.7 Å². The fraction of sp³-hybridized carbons (Fsp3) is 0.462. The number of alkyl carbamates (subject to hydrolysis) is 1. The first-order chi connectivity index (χ1) is 9.05.